The Balaban J connectivity index is 2.82. The van der Waals surface area contributed by atoms with E-state index in [9.17, 15) is 4.79 Å². The fraction of sp³-hybridized carbons (Fsp3) is 0.833. The summed E-state index contributed by atoms with van der Waals surface area (Å²) >= 11 is 11.4. The Hall–Kier alpha value is -0.150. The van der Waals surface area contributed by atoms with Gasteiger partial charge in [-0.3, -0.25) is 0 Å². The van der Waals surface area contributed by atoms with Crippen molar-refractivity contribution in [3.05, 3.63) is 0 Å². The summed E-state index contributed by atoms with van der Waals surface area (Å²) in [4.78, 5) is 12.7. The third-order valence-electron chi connectivity index (χ3n) is 1.83. The maximum absolute atomic E-state index is 11.1. The van der Waals surface area contributed by atoms with Crippen LogP contribution in [0.25, 0.3) is 0 Å². The van der Waals surface area contributed by atoms with Crippen LogP contribution in [0.2, 0.25) is 0 Å². The number of urea groups is 1. The molecular formula is C6H10Cl2N2O. The van der Waals surface area contributed by atoms with Crippen LogP contribution in [-0.4, -0.2) is 40.4 Å². The minimum Gasteiger partial charge on any atom is -0.324 e. The molecule has 3 nitrogen and oxygen atoms in total. The second-order valence-electron chi connectivity index (χ2n) is 3.05. The number of rotatable bonds is 1. The number of carbonyl (C=O) groups excluding carboxylic acids is 1. The fourth-order valence-electron chi connectivity index (χ4n) is 1.12. The Morgan fingerprint density at radius 1 is 1.73 bits per heavy atom. The Morgan fingerprint density at radius 3 is 2.45 bits per heavy atom. The smallest absolute Gasteiger partial charge is 0.324 e. The summed E-state index contributed by atoms with van der Waals surface area (Å²) in [6.07, 6.45) is 0. The average Bonchev–Trinajstić information content (AvgIpc) is 2.17. The maximum Gasteiger partial charge on any atom is 0.335 e. The molecule has 11 heavy (non-hydrogen) atoms. The summed E-state index contributed by atoms with van der Waals surface area (Å²) < 4.78 is 1.17. The summed E-state index contributed by atoms with van der Waals surface area (Å²) in [7, 11) is 1.70. The highest BCUT2D eigenvalue weighted by Gasteiger charge is 2.43. The van der Waals surface area contributed by atoms with Crippen molar-refractivity contribution in [2.45, 2.75) is 12.5 Å². The third-order valence-corrected chi connectivity index (χ3v) is 2.96. The molecule has 0 aliphatic carbocycles. The van der Waals surface area contributed by atoms with Gasteiger partial charge in [-0.25, -0.2) is 9.21 Å². The summed E-state index contributed by atoms with van der Waals surface area (Å²) in [5, 5.41) is 0. The van der Waals surface area contributed by atoms with Crippen LogP contribution in [0.3, 0.4) is 0 Å². The Labute approximate surface area is 76.0 Å². The number of alkyl halides is 1. The molecule has 1 fully saturated rings. The molecule has 0 spiro atoms. The minimum absolute atomic E-state index is 0.185. The van der Waals surface area contributed by atoms with Gasteiger partial charge >= 0.3 is 6.03 Å². The molecule has 0 N–H and O–H groups in total. The van der Waals surface area contributed by atoms with Gasteiger partial charge < -0.3 is 4.90 Å². The van der Waals surface area contributed by atoms with Crippen molar-refractivity contribution in [3.8, 4) is 0 Å². The van der Waals surface area contributed by atoms with Crippen molar-refractivity contribution in [3.63, 3.8) is 0 Å². The molecule has 1 atom stereocenters. The molecule has 0 aromatic rings. The van der Waals surface area contributed by atoms with Gasteiger partial charge in [-0.15, -0.1) is 11.6 Å². The fourth-order valence-corrected chi connectivity index (χ4v) is 1.62. The van der Waals surface area contributed by atoms with Crippen molar-refractivity contribution in [2.75, 3.05) is 19.5 Å². The van der Waals surface area contributed by atoms with E-state index >= 15 is 0 Å². The van der Waals surface area contributed by atoms with Crippen LogP contribution in [-0.2, 0) is 0 Å². The van der Waals surface area contributed by atoms with E-state index in [1.165, 1.54) is 4.42 Å². The van der Waals surface area contributed by atoms with Crippen LogP contribution in [0.15, 0.2) is 0 Å². The standard InChI is InChI=1S/C6H10Cl2N2O/c1-6(3-7)4-9(2)5(11)10(6)8/h3-4H2,1-2H3/t6-/m0/s1. The van der Waals surface area contributed by atoms with Crippen LogP contribution in [0, 0.1) is 0 Å². The van der Waals surface area contributed by atoms with E-state index in [4.69, 9.17) is 23.4 Å². The molecule has 1 heterocycles. The first kappa shape index (κ1) is 8.94. The molecule has 1 rings (SSSR count). The molecule has 0 aromatic heterocycles. The molecule has 64 valence electrons. The van der Waals surface area contributed by atoms with Crippen LogP contribution in [0.4, 0.5) is 4.79 Å². The zero-order valence-corrected chi connectivity index (χ0v) is 7.98. The van der Waals surface area contributed by atoms with Gasteiger partial charge in [0.25, 0.3) is 0 Å². The summed E-state index contributed by atoms with van der Waals surface area (Å²) in [6, 6.07) is -0.185. The van der Waals surface area contributed by atoms with Gasteiger partial charge in [0.05, 0.1) is 5.54 Å². The summed E-state index contributed by atoms with van der Waals surface area (Å²) in [5.74, 6) is 0.354. The quantitative estimate of drug-likeness (QED) is 0.461. The second kappa shape index (κ2) is 2.72. The molecule has 0 saturated carbocycles. The SMILES string of the molecule is CN1C[C@](C)(CCl)N(Cl)C1=O. The van der Waals surface area contributed by atoms with Gasteiger partial charge in [-0.2, -0.15) is 0 Å². The Morgan fingerprint density at radius 2 is 2.27 bits per heavy atom. The zero-order valence-electron chi connectivity index (χ0n) is 6.47. The van der Waals surface area contributed by atoms with Crippen molar-refractivity contribution in [1.82, 2.24) is 9.32 Å². The molecule has 0 aromatic carbocycles. The highest BCUT2D eigenvalue weighted by Crippen LogP contribution is 2.28. The van der Waals surface area contributed by atoms with E-state index in [0.717, 1.165) is 0 Å². The normalized spacial score (nSPS) is 31.8. The van der Waals surface area contributed by atoms with Crippen molar-refractivity contribution >= 4 is 29.4 Å². The average molecular weight is 197 g/mol. The molecular weight excluding hydrogens is 187 g/mol. The van der Waals surface area contributed by atoms with Crippen LogP contribution >= 0.6 is 23.4 Å². The van der Waals surface area contributed by atoms with E-state index in [2.05, 4.69) is 0 Å². The lowest BCUT2D eigenvalue weighted by atomic mass is 10.1. The lowest BCUT2D eigenvalue weighted by Crippen LogP contribution is -2.40. The van der Waals surface area contributed by atoms with E-state index in [1.807, 2.05) is 6.92 Å². The second-order valence-corrected chi connectivity index (χ2v) is 3.66. The van der Waals surface area contributed by atoms with E-state index in [1.54, 1.807) is 11.9 Å². The molecule has 0 bridgehead atoms. The monoisotopic (exact) mass is 196 g/mol. The summed E-state index contributed by atoms with van der Waals surface area (Å²) in [5.41, 5.74) is -0.422. The molecule has 0 unspecified atom stereocenters. The maximum atomic E-state index is 11.1. The first-order chi connectivity index (χ1) is 5.01. The Kier molecular flexibility index (Phi) is 2.21. The van der Waals surface area contributed by atoms with Gasteiger partial charge in [0.2, 0.25) is 0 Å². The zero-order chi connectivity index (χ0) is 8.65. The first-order valence-electron chi connectivity index (χ1n) is 3.28. The first-order valence-corrected chi connectivity index (χ1v) is 4.15. The van der Waals surface area contributed by atoms with Gasteiger partial charge in [-0.1, -0.05) is 0 Å². The number of amides is 2. The van der Waals surface area contributed by atoms with Gasteiger partial charge in [0, 0.05) is 31.2 Å². The molecule has 1 saturated heterocycles. The lowest BCUT2D eigenvalue weighted by molar-refractivity contribution is 0.211. The number of halogens is 2. The predicted molar refractivity (Wildman–Crippen MR) is 44.8 cm³/mol. The van der Waals surface area contributed by atoms with E-state index in [0.29, 0.717) is 12.4 Å². The molecule has 2 amide bonds. The topological polar surface area (TPSA) is 23.6 Å². The highest BCUT2D eigenvalue weighted by atomic mass is 35.5. The number of likely N-dealkylation sites (N-methyl/N-ethyl adjacent to an activating group) is 1. The number of carbonyl (C=O) groups is 1. The van der Waals surface area contributed by atoms with Crippen molar-refractivity contribution < 1.29 is 4.79 Å². The van der Waals surface area contributed by atoms with Crippen molar-refractivity contribution in [2.24, 2.45) is 0 Å². The van der Waals surface area contributed by atoms with E-state index < -0.39 is 5.54 Å². The third kappa shape index (κ3) is 1.27. The lowest BCUT2D eigenvalue weighted by Gasteiger charge is -2.24. The van der Waals surface area contributed by atoms with Crippen molar-refractivity contribution in [1.29, 1.82) is 0 Å². The predicted octanol–water partition coefficient (Wildman–Crippen LogP) is 1.51. The van der Waals surface area contributed by atoms with Gasteiger partial charge in [0.1, 0.15) is 0 Å². The minimum atomic E-state index is -0.422. The molecule has 0 radical (unpaired) electrons. The highest BCUT2D eigenvalue weighted by molar-refractivity contribution is 6.24. The number of hydrogen-bond acceptors (Lipinski definition) is 1. The van der Waals surface area contributed by atoms with E-state index in [-0.39, 0.29) is 6.03 Å². The van der Waals surface area contributed by atoms with Crippen LogP contribution in [0.5, 0.6) is 0 Å². The van der Waals surface area contributed by atoms with Crippen LogP contribution in [0.1, 0.15) is 6.92 Å². The van der Waals surface area contributed by atoms with Crippen LogP contribution < -0.4 is 0 Å². The number of hydrogen-bond donors (Lipinski definition) is 0. The Bertz CT molecular complexity index is 187. The van der Waals surface area contributed by atoms with Gasteiger partial charge in [0.15, 0.2) is 0 Å². The summed E-state index contributed by atoms with van der Waals surface area (Å²) in [6.45, 7) is 2.44. The molecule has 1 aliphatic heterocycles. The number of nitrogens with zero attached hydrogens (tertiary/aromatic N) is 2. The molecule has 5 heteroatoms. The molecule has 1 aliphatic rings. The largest absolute Gasteiger partial charge is 0.335 e. The van der Waals surface area contributed by atoms with Gasteiger partial charge in [-0.05, 0) is 6.92 Å².